The van der Waals surface area contributed by atoms with Crippen molar-refractivity contribution >= 4 is 33.3 Å². The van der Waals surface area contributed by atoms with Gasteiger partial charge in [-0.15, -0.1) is 11.3 Å². The first-order valence-electron chi connectivity index (χ1n) is 10.9. The number of anilines is 2. The van der Waals surface area contributed by atoms with Crippen molar-refractivity contribution in [3.8, 4) is 10.6 Å². The van der Waals surface area contributed by atoms with E-state index in [1.807, 2.05) is 54.4 Å². The van der Waals surface area contributed by atoms with Crippen LogP contribution >= 0.6 is 11.3 Å². The molecule has 0 radical (unpaired) electrons. The molecule has 7 nitrogen and oxygen atoms in total. The Labute approximate surface area is 190 Å². The van der Waals surface area contributed by atoms with Gasteiger partial charge in [-0.2, -0.15) is 4.98 Å². The third-order valence-electron chi connectivity index (χ3n) is 5.68. The van der Waals surface area contributed by atoms with Crippen LogP contribution in [0, 0.1) is 0 Å². The summed E-state index contributed by atoms with van der Waals surface area (Å²) in [4.78, 5) is 27.9. The number of piperidine rings is 1. The molecule has 1 aliphatic rings. The van der Waals surface area contributed by atoms with Crippen LogP contribution in [0.4, 0.5) is 11.8 Å². The Morgan fingerprint density at radius 2 is 1.94 bits per heavy atom. The zero-order valence-corrected chi connectivity index (χ0v) is 18.8. The van der Waals surface area contributed by atoms with E-state index in [9.17, 15) is 4.79 Å². The number of hydrogen-bond acceptors (Lipinski definition) is 7. The van der Waals surface area contributed by atoms with E-state index in [4.69, 9.17) is 9.97 Å². The Morgan fingerprint density at radius 3 is 2.72 bits per heavy atom. The summed E-state index contributed by atoms with van der Waals surface area (Å²) in [6.07, 6.45) is 2.13. The van der Waals surface area contributed by atoms with Crippen LogP contribution in [0.5, 0.6) is 0 Å². The molecule has 1 aliphatic heterocycles. The number of nitrogens with one attached hydrogen (secondary N) is 3. The van der Waals surface area contributed by atoms with Gasteiger partial charge in [0.05, 0.1) is 10.2 Å². The highest BCUT2D eigenvalue weighted by Gasteiger charge is 2.22. The maximum Gasteiger partial charge on any atom is 0.264 e. The molecule has 0 aliphatic carbocycles. The second-order valence-corrected chi connectivity index (χ2v) is 9.16. The molecular weight excluding hydrogens is 420 g/mol. The maximum atomic E-state index is 13.3. The fourth-order valence-corrected chi connectivity index (χ4v) is 5.03. The van der Waals surface area contributed by atoms with E-state index >= 15 is 0 Å². The molecule has 0 unspecified atom stereocenters. The minimum absolute atomic E-state index is 0.180. The van der Waals surface area contributed by atoms with E-state index in [1.54, 1.807) is 0 Å². The molecule has 2 aromatic carbocycles. The molecule has 1 fully saturated rings. The molecule has 1 atom stereocenters. The molecule has 3 N–H and O–H groups in total. The van der Waals surface area contributed by atoms with Crippen molar-refractivity contribution in [1.82, 2.24) is 20.3 Å². The van der Waals surface area contributed by atoms with Crippen LogP contribution in [0.2, 0.25) is 0 Å². The van der Waals surface area contributed by atoms with Crippen molar-refractivity contribution < 1.29 is 0 Å². The predicted octanol–water partition coefficient (Wildman–Crippen LogP) is 3.85. The predicted molar refractivity (Wildman–Crippen MR) is 132 cm³/mol. The lowest BCUT2D eigenvalue weighted by Crippen LogP contribution is -2.39. The molecule has 164 valence electrons. The van der Waals surface area contributed by atoms with E-state index in [0.29, 0.717) is 28.9 Å². The summed E-state index contributed by atoms with van der Waals surface area (Å²) < 4.78 is 1.05. The van der Waals surface area contributed by atoms with Crippen LogP contribution in [-0.4, -0.2) is 41.1 Å². The highest BCUT2D eigenvalue weighted by Crippen LogP contribution is 2.32. The van der Waals surface area contributed by atoms with Gasteiger partial charge < -0.3 is 15.5 Å². The molecule has 5 rings (SSSR count). The second kappa shape index (κ2) is 9.10. The highest BCUT2D eigenvalue weighted by molar-refractivity contribution is 7.21. The number of fused-ring (bicyclic) bond motifs is 1. The maximum absolute atomic E-state index is 13.3. The zero-order valence-electron chi connectivity index (χ0n) is 18.0. The average Bonchev–Trinajstić information content (AvgIpc) is 3.24. The summed E-state index contributed by atoms with van der Waals surface area (Å²) in [5, 5.41) is 7.64. The van der Waals surface area contributed by atoms with Crippen LogP contribution < -0.4 is 21.1 Å². The summed E-state index contributed by atoms with van der Waals surface area (Å²) in [5.41, 5.74) is 2.37. The van der Waals surface area contributed by atoms with E-state index in [0.717, 1.165) is 41.7 Å². The van der Waals surface area contributed by atoms with Crippen molar-refractivity contribution in [3.05, 3.63) is 70.5 Å². The van der Waals surface area contributed by atoms with Gasteiger partial charge in [-0.05, 0) is 37.1 Å². The van der Waals surface area contributed by atoms with Crippen LogP contribution in [0.1, 0.15) is 18.4 Å². The lowest BCUT2D eigenvalue weighted by molar-refractivity contribution is 0.479. The fraction of sp³-hybridized carbons (Fsp3) is 0.292. The van der Waals surface area contributed by atoms with Gasteiger partial charge in [0.25, 0.3) is 5.56 Å². The number of benzene rings is 2. The monoisotopic (exact) mass is 446 g/mol. The van der Waals surface area contributed by atoms with E-state index in [-0.39, 0.29) is 11.6 Å². The topological polar surface area (TPSA) is 85.9 Å². The van der Waals surface area contributed by atoms with Gasteiger partial charge in [-0.3, -0.25) is 9.78 Å². The van der Waals surface area contributed by atoms with Gasteiger partial charge >= 0.3 is 0 Å². The number of rotatable bonds is 6. The van der Waals surface area contributed by atoms with Crippen molar-refractivity contribution in [2.75, 3.05) is 30.4 Å². The summed E-state index contributed by atoms with van der Waals surface area (Å²) in [6, 6.07) is 18.3. The zero-order chi connectivity index (χ0) is 21.9. The van der Waals surface area contributed by atoms with Crippen LogP contribution in [0.15, 0.2) is 59.4 Å². The Balaban J connectivity index is 1.54. The summed E-state index contributed by atoms with van der Waals surface area (Å²) in [5.74, 6) is 1.13. The first-order valence-corrected chi connectivity index (χ1v) is 11.7. The Kier molecular flexibility index (Phi) is 5.87. The summed E-state index contributed by atoms with van der Waals surface area (Å²) >= 11 is 1.52. The summed E-state index contributed by atoms with van der Waals surface area (Å²) in [7, 11) is 1.94. The Bertz CT molecular complexity index is 1230. The molecule has 0 bridgehead atoms. The number of thiazole rings is 1. The van der Waals surface area contributed by atoms with Gasteiger partial charge in [0.15, 0.2) is 0 Å². The number of hydrogen-bond donors (Lipinski definition) is 3. The molecule has 4 aromatic rings. The molecule has 8 heteroatoms. The normalized spacial score (nSPS) is 16.2. The van der Waals surface area contributed by atoms with Crippen molar-refractivity contribution in [2.24, 2.45) is 0 Å². The van der Waals surface area contributed by atoms with Gasteiger partial charge in [0.2, 0.25) is 5.95 Å². The largest absolute Gasteiger partial charge is 0.365 e. The Hall–Kier alpha value is -3.23. The van der Waals surface area contributed by atoms with Crippen molar-refractivity contribution in [2.45, 2.75) is 25.4 Å². The van der Waals surface area contributed by atoms with E-state index in [1.165, 1.54) is 11.3 Å². The van der Waals surface area contributed by atoms with Gasteiger partial charge in [0.1, 0.15) is 16.4 Å². The number of nitrogens with zero attached hydrogens (tertiary/aromatic N) is 3. The molecule has 1 saturated heterocycles. The van der Waals surface area contributed by atoms with Crippen LogP contribution in [0.25, 0.3) is 20.8 Å². The SMILES string of the molecule is CN(Cc1ccccc1)c1nc(N[C@@H]2CCCNC2)c(-c2nc3ccccc3s2)c(=O)[nH]1. The lowest BCUT2D eigenvalue weighted by atomic mass is 10.1. The molecule has 0 spiro atoms. The molecule has 32 heavy (non-hydrogen) atoms. The minimum atomic E-state index is -0.180. The van der Waals surface area contributed by atoms with Crippen LogP contribution in [0.3, 0.4) is 0 Å². The average molecular weight is 447 g/mol. The molecular formula is C24H26N6OS. The van der Waals surface area contributed by atoms with Crippen LogP contribution in [-0.2, 0) is 6.54 Å². The highest BCUT2D eigenvalue weighted by atomic mass is 32.1. The van der Waals surface area contributed by atoms with E-state index in [2.05, 4.69) is 27.8 Å². The van der Waals surface area contributed by atoms with Gasteiger partial charge in [-0.25, -0.2) is 4.98 Å². The molecule has 0 saturated carbocycles. The third-order valence-corrected chi connectivity index (χ3v) is 6.73. The standard InChI is InChI=1S/C24H26N6OS/c1-30(15-16-8-3-2-4-9-16)24-28-21(26-17-10-7-13-25-14-17)20(22(31)29-24)23-27-18-11-5-6-12-19(18)32-23/h2-6,8-9,11-12,17,25H,7,10,13-15H2,1H3,(H2,26,28,29,31)/t17-/m1/s1. The number of para-hydroxylation sites is 1. The smallest absolute Gasteiger partial charge is 0.264 e. The van der Waals surface area contributed by atoms with E-state index < -0.39 is 0 Å². The molecule has 0 amide bonds. The Morgan fingerprint density at radius 1 is 1.12 bits per heavy atom. The van der Waals surface area contributed by atoms with Crippen molar-refractivity contribution in [3.63, 3.8) is 0 Å². The quantitative estimate of drug-likeness (QED) is 0.417. The van der Waals surface area contributed by atoms with Crippen molar-refractivity contribution in [1.29, 1.82) is 0 Å². The molecule has 2 aromatic heterocycles. The fourth-order valence-electron chi connectivity index (χ4n) is 4.02. The first kappa shape index (κ1) is 20.7. The first-order chi connectivity index (χ1) is 15.7. The number of H-pyrrole nitrogens is 1. The third kappa shape index (κ3) is 4.37. The minimum Gasteiger partial charge on any atom is -0.365 e. The van der Waals surface area contributed by atoms with Gasteiger partial charge in [0, 0.05) is 26.2 Å². The number of aromatic amines is 1. The summed E-state index contributed by atoms with van der Waals surface area (Å²) in [6.45, 7) is 2.52. The molecule has 3 heterocycles. The van der Waals surface area contributed by atoms with Gasteiger partial charge in [-0.1, -0.05) is 42.5 Å². The lowest BCUT2D eigenvalue weighted by Gasteiger charge is -2.26. The second-order valence-electron chi connectivity index (χ2n) is 8.13. The number of aromatic nitrogens is 3.